The number of aryl methyl sites for hydroxylation is 1. The number of thiazole rings is 1. The van der Waals surface area contributed by atoms with Gasteiger partial charge in [-0.25, -0.2) is 4.98 Å². The Morgan fingerprint density at radius 3 is 2.67 bits per heavy atom. The van der Waals surface area contributed by atoms with Gasteiger partial charge in [-0.15, -0.1) is 4.91 Å². The van der Waals surface area contributed by atoms with Gasteiger partial charge >= 0.3 is 0 Å². The number of hydrogen-bond donors (Lipinski definition) is 2. The summed E-state index contributed by atoms with van der Waals surface area (Å²) in [5, 5.41) is 8.36. The SMILES string of the molecule is CC(=O)Nc1cc(C)ccc1C(=O)Nc1ncc(N=O)s1. The molecule has 0 spiro atoms. The van der Waals surface area contributed by atoms with E-state index in [2.05, 4.69) is 20.8 Å². The molecule has 0 fully saturated rings. The summed E-state index contributed by atoms with van der Waals surface area (Å²) in [4.78, 5) is 37.6. The summed E-state index contributed by atoms with van der Waals surface area (Å²) >= 11 is 0.969. The van der Waals surface area contributed by atoms with Crippen LogP contribution in [-0.4, -0.2) is 16.8 Å². The molecule has 0 aliphatic carbocycles. The van der Waals surface area contributed by atoms with Crippen molar-refractivity contribution in [3.63, 3.8) is 0 Å². The number of amides is 2. The first kappa shape index (κ1) is 14.8. The van der Waals surface area contributed by atoms with Crippen molar-refractivity contribution in [2.24, 2.45) is 5.18 Å². The molecular formula is C13H12N4O3S. The van der Waals surface area contributed by atoms with Crippen molar-refractivity contribution < 1.29 is 9.59 Å². The number of hydrogen-bond acceptors (Lipinski definition) is 6. The minimum absolute atomic E-state index is 0.177. The lowest BCUT2D eigenvalue weighted by Gasteiger charge is -2.10. The Morgan fingerprint density at radius 2 is 2.05 bits per heavy atom. The molecule has 1 heterocycles. The molecule has 1 aromatic carbocycles. The van der Waals surface area contributed by atoms with Crippen molar-refractivity contribution in [2.75, 3.05) is 10.6 Å². The van der Waals surface area contributed by atoms with Crippen LogP contribution in [0.3, 0.4) is 0 Å². The van der Waals surface area contributed by atoms with Crippen molar-refractivity contribution >= 4 is 39.0 Å². The standard InChI is InChI=1S/C13H12N4O3S/c1-7-3-4-9(10(5-7)15-8(2)18)12(19)16-13-14-6-11(17-20)21-13/h3-6H,1-2H3,(H,15,18)(H,14,16,19). The number of aromatic nitrogens is 1. The average molecular weight is 304 g/mol. The molecule has 0 aliphatic rings. The van der Waals surface area contributed by atoms with E-state index in [0.29, 0.717) is 11.3 Å². The molecule has 0 saturated carbocycles. The Morgan fingerprint density at radius 1 is 1.29 bits per heavy atom. The first-order valence-electron chi connectivity index (χ1n) is 5.98. The van der Waals surface area contributed by atoms with Crippen LogP contribution in [0.5, 0.6) is 0 Å². The van der Waals surface area contributed by atoms with Crippen molar-refractivity contribution in [3.8, 4) is 0 Å². The third-order valence-electron chi connectivity index (χ3n) is 2.53. The van der Waals surface area contributed by atoms with E-state index in [-0.39, 0.29) is 16.0 Å². The van der Waals surface area contributed by atoms with Crippen LogP contribution in [0.15, 0.2) is 29.6 Å². The quantitative estimate of drug-likeness (QED) is 0.848. The predicted octanol–water partition coefficient (Wildman–Crippen LogP) is 3.06. The van der Waals surface area contributed by atoms with Gasteiger partial charge in [0.15, 0.2) is 10.1 Å². The first-order valence-corrected chi connectivity index (χ1v) is 6.80. The minimum atomic E-state index is -0.425. The molecule has 0 bridgehead atoms. The summed E-state index contributed by atoms with van der Waals surface area (Å²) < 4.78 is 0. The van der Waals surface area contributed by atoms with E-state index in [1.54, 1.807) is 18.2 Å². The number of carbonyl (C=O) groups is 2. The van der Waals surface area contributed by atoms with E-state index >= 15 is 0 Å². The van der Waals surface area contributed by atoms with Crippen molar-refractivity contribution in [1.29, 1.82) is 0 Å². The average Bonchev–Trinajstić information content (AvgIpc) is 2.85. The largest absolute Gasteiger partial charge is 0.326 e. The molecule has 1 aromatic heterocycles. The fourth-order valence-electron chi connectivity index (χ4n) is 1.68. The molecule has 0 aliphatic heterocycles. The Balaban J connectivity index is 2.25. The maximum Gasteiger partial charge on any atom is 0.259 e. The first-order chi connectivity index (χ1) is 9.99. The molecule has 8 heteroatoms. The van der Waals surface area contributed by atoms with Gasteiger partial charge in [0.2, 0.25) is 5.91 Å². The van der Waals surface area contributed by atoms with Crippen LogP contribution in [0.2, 0.25) is 0 Å². The molecule has 21 heavy (non-hydrogen) atoms. The highest BCUT2D eigenvalue weighted by Gasteiger charge is 2.14. The topological polar surface area (TPSA) is 101 Å². The van der Waals surface area contributed by atoms with Crippen LogP contribution in [0.1, 0.15) is 22.8 Å². The van der Waals surface area contributed by atoms with Gasteiger partial charge in [0.1, 0.15) is 0 Å². The van der Waals surface area contributed by atoms with Gasteiger partial charge in [-0.05, 0) is 29.8 Å². The maximum atomic E-state index is 12.2. The number of nitrogens with one attached hydrogen (secondary N) is 2. The normalized spacial score (nSPS) is 10.0. The van der Waals surface area contributed by atoms with Crippen LogP contribution < -0.4 is 10.6 Å². The zero-order chi connectivity index (χ0) is 15.4. The number of rotatable bonds is 4. The second kappa shape index (κ2) is 6.23. The summed E-state index contributed by atoms with van der Waals surface area (Å²) in [5.74, 6) is -0.693. The molecule has 0 saturated heterocycles. The number of nitrogens with zero attached hydrogens (tertiary/aromatic N) is 2. The van der Waals surface area contributed by atoms with Gasteiger partial charge in [-0.1, -0.05) is 17.4 Å². The van der Waals surface area contributed by atoms with Gasteiger partial charge in [-0.2, -0.15) is 0 Å². The number of anilines is 2. The summed E-state index contributed by atoms with van der Waals surface area (Å²) in [6, 6.07) is 5.08. The van der Waals surface area contributed by atoms with E-state index < -0.39 is 5.91 Å². The van der Waals surface area contributed by atoms with Gasteiger partial charge in [0.25, 0.3) is 5.91 Å². The van der Waals surface area contributed by atoms with Crippen molar-refractivity contribution in [2.45, 2.75) is 13.8 Å². The molecule has 2 amide bonds. The van der Waals surface area contributed by atoms with Gasteiger partial charge in [-0.3, -0.25) is 14.9 Å². The smallest absolute Gasteiger partial charge is 0.259 e. The molecule has 2 N–H and O–H groups in total. The number of carbonyl (C=O) groups excluding carboxylic acids is 2. The minimum Gasteiger partial charge on any atom is -0.326 e. The fraction of sp³-hybridized carbons (Fsp3) is 0.154. The highest BCUT2D eigenvalue weighted by molar-refractivity contribution is 7.19. The summed E-state index contributed by atoms with van der Waals surface area (Å²) in [6.07, 6.45) is 1.27. The third-order valence-corrected chi connectivity index (χ3v) is 3.32. The lowest BCUT2D eigenvalue weighted by molar-refractivity contribution is -0.114. The molecule has 2 rings (SSSR count). The van der Waals surface area contributed by atoms with Crippen LogP contribution in [0.25, 0.3) is 0 Å². The van der Waals surface area contributed by atoms with E-state index in [9.17, 15) is 14.5 Å². The highest BCUT2D eigenvalue weighted by atomic mass is 32.1. The van der Waals surface area contributed by atoms with E-state index in [4.69, 9.17) is 0 Å². The molecule has 7 nitrogen and oxygen atoms in total. The summed E-state index contributed by atoms with van der Waals surface area (Å²) in [6.45, 7) is 3.22. The maximum absolute atomic E-state index is 12.2. The second-order valence-electron chi connectivity index (χ2n) is 4.28. The molecule has 0 atom stereocenters. The van der Waals surface area contributed by atoms with Crippen LogP contribution in [0.4, 0.5) is 15.8 Å². The van der Waals surface area contributed by atoms with E-state index in [0.717, 1.165) is 16.9 Å². The zero-order valence-corrected chi connectivity index (χ0v) is 12.2. The van der Waals surface area contributed by atoms with E-state index in [1.165, 1.54) is 13.1 Å². The lowest BCUT2D eigenvalue weighted by atomic mass is 10.1. The highest BCUT2D eigenvalue weighted by Crippen LogP contribution is 2.26. The van der Waals surface area contributed by atoms with Crippen LogP contribution in [-0.2, 0) is 4.79 Å². The fourth-order valence-corrected chi connectivity index (χ4v) is 2.27. The van der Waals surface area contributed by atoms with Gasteiger partial charge in [0, 0.05) is 6.92 Å². The van der Waals surface area contributed by atoms with Gasteiger partial charge in [0.05, 0.1) is 17.4 Å². The molecule has 108 valence electrons. The Kier molecular flexibility index (Phi) is 4.39. The lowest BCUT2D eigenvalue weighted by Crippen LogP contribution is -2.16. The predicted molar refractivity (Wildman–Crippen MR) is 81.0 cm³/mol. The van der Waals surface area contributed by atoms with E-state index in [1.807, 2.05) is 6.92 Å². The third kappa shape index (κ3) is 3.69. The monoisotopic (exact) mass is 304 g/mol. The zero-order valence-electron chi connectivity index (χ0n) is 11.3. The molecular weight excluding hydrogens is 292 g/mol. The number of benzene rings is 1. The Bertz CT molecular complexity index is 711. The number of nitroso groups, excluding NO2 is 1. The summed E-state index contributed by atoms with van der Waals surface area (Å²) in [5.41, 5.74) is 1.65. The van der Waals surface area contributed by atoms with Gasteiger partial charge < -0.3 is 5.32 Å². The van der Waals surface area contributed by atoms with Crippen LogP contribution >= 0.6 is 11.3 Å². The Labute approximate surface area is 124 Å². The van der Waals surface area contributed by atoms with Crippen molar-refractivity contribution in [1.82, 2.24) is 4.98 Å². The summed E-state index contributed by atoms with van der Waals surface area (Å²) in [7, 11) is 0. The molecule has 0 unspecified atom stereocenters. The Hall–Kier alpha value is -2.61. The molecule has 0 radical (unpaired) electrons. The second-order valence-corrected chi connectivity index (χ2v) is 5.29. The van der Waals surface area contributed by atoms with Crippen LogP contribution in [0, 0.1) is 11.8 Å². The molecule has 2 aromatic rings. The van der Waals surface area contributed by atoms with Crippen molar-refractivity contribution in [3.05, 3.63) is 40.4 Å².